The predicted molar refractivity (Wildman–Crippen MR) is 74.8 cm³/mol. The molecule has 6 heteroatoms. The van der Waals surface area contributed by atoms with Gasteiger partial charge in [-0.05, 0) is 25.1 Å². The van der Waals surface area contributed by atoms with Crippen LogP contribution in [0.15, 0.2) is 33.5 Å². The van der Waals surface area contributed by atoms with E-state index in [1.54, 1.807) is 6.92 Å². The number of phenols is 1. The normalized spacial score (nSPS) is 11.1. The van der Waals surface area contributed by atoms with Crippen molar-refractivity contribution >= 4 is 34.6 Å². The minimum absolute atomic E-state index is 0.0930. The van der Waals surface area contributed by atoms with Crippen molar-refractivity contribution in [1.82, 2.24) is 0 Å². The number of ether oxygens (including phenoxy) is 1. The van der Waals surface area contributed by atoms with E-state index in [9.17, 15) is 14.7 Å². The Kier molecular flexibility index (Phi) is 4.10. The van der Waals surface area contributed by atoms with Gasteiger partial charge in [0, 0.05) is 17.5 Å². The summed E-state index contributed by atoms with van der Waals surface area (Å²) in [4.78, 5) is 22.9. The molecule has 1 aromatic heterocycles. The van der Waals surface area contributed by atoms with E-state index in [0.29, 0.717) is 5.39 Å². The maximum absolute atomic E-state index is 11.7. The van der Waals surface area contributed by atoms with Crippen LogP contribution in [0.1, 0.15) is 12.5 Å². The lowest BCUT2D eigenvalue weighted by atomic mass is 10.1. The number of hydrogen-bond donors (Lipinski definition) is 1. The predicted octanol–water partition coefficient (Wildman–Crippen LogP) is 2.73. The summed E-state index contributed by atoms with van der Waals surface area (Å²) < 4.78 is 9.78. The van der Waals surface area contributed by atoms with E-state index in [1.807, 2.05) is 0 Å². The van der Waals surface area contributed by atoms with Crippen LogP contribution in [0.5, 0.6) is 5.75 Å². The van der Waals surface area contributed by atoms with Crippen molar-refractivity contribution in [3.05, 3.63) is 45.3 Å². The molecule has 104 valence electrons. The van der Waals surface area contributed by atoms with Gasteiger partial charge in [0.2, 0.25) is 0 Å². The number of carbonyl (C=O) groups excluding carboxylic acids is 1. The first-order valence-corrected chi connectivity index (χ1v) is 6.20. The Morgan fingerprint density at radius 3 is 2.90 bits per heavy atom. The first-order chi connectivity index (χ1) is 9.51. The third-order valence-corrected chi connectivity index (χ3v) is 2.82. The number of esters is 1. The van der Waals surface area contributed by atoms with Gasteiger partial charge in [-0.15, -0.1) is 0 Å². The number of fused-ring (bicyclic) bond motifs is 1. The number of aromatic hydroxyl groups is 1. The highest BCUT2D eigenvalue weighted by Gasteiger charge is 2.07. The second-order valence-corrected chi connectivity index (χ2v) is 4.32. The molecule has 2 aromatic rings. The van der Waals surface area contributed by atoms with Crippen LogP contribution < -0.4 is 5.63 Å². The van der Waals surface area contributed by atoms with Crippen LogP contribution >= 0.6 is 11.6 Å². The molecule has 1 aromatic carbocycles. The molecule has 0 amide bonds. The summed E-state index contributed by atoms with van der Waals surface area (Å²) in [6, 6.07) is 4.22. The second kappa shape index (κ2) is 5.79. The zero-order valence-electron chi connectivity index (χ0n) is 10.6. The van der Waals surface area contributed by atoms with E-state index in [4.69, 9.17) is 20.8 Å². The van der Waals surface area contributed by atoms with Crippen LogP contribution in [0.2, 0.25) is 5.02 Å². The van der Waals surface area contributed by atoms with Gasteiger partial charge in [0.15, 0.2) is 0 Å². The Bertz CT molecular complexity index is 745. The van der Waals surface area contributed by atoms with Gasteiger partial charge in [-0.1, -0.05) is 11.6 Å². The largest absolute Gasteiger partial charge is 0.506 e. The van der Waals surface area contributed by atoms with E-state index < -0.39 is 11.6 Å². The molecule has 0 unspecified atom stereocenters. The first kappa shape index (κ1) is 14.1. The topological polar surface area (TPSA) is 76.7 Å². The Balaban J connectivity index is 2.45. The maximum atomic E-state index is 11.7. The number of rotatable bonds is 3. The molecule has 0 aliphatic carbocycles. The van der Waals surface area contributed by atoms with E-state index in [2.05, 4.69) is 0 Å². The summed E-state index contributed by atoms with van der Waals surface area (Å²) in [5.74, 6) is -0.667. The Morgan fingerprint density at radius 1 is 1.45 bits per heavy atom. The highest BCUT2D eigenvalue weighted by Crippen LogP contribution is 2.28. The molecule has 0 saturated heterocycles. The van der Waals surface area contributed by atoms with E-state index in [0.717, 1.165) is 6.08 Å². The van der Waals surface area contributed by atoms with Gasteiger partial charge < -0.3 is 14.3 Å². The van der Waals surface area contributed by atoms with Crippen LogP contribution in [0.3, 0.4) is 0 Å². The van der Waals surface area contributed by atoms with Crippen molar-refractivity contribution in [3.8, 4) is 5.75 Å². The lowest BCUT2D eigenvalue weighted by Crippen LogP contribution is -2.04. The molecular weight excluding hydrogens is 284 g/mol. The molecule has 0 fully saturated rings. The van der Waals surface area contributed by atoms with Gasteiger partial charge in [0.25, 0.3) is 0 Å². The number of phenolic OH excluding ortho intramolecular Hbond substituents is 1. The fourth-order valence-corrected chi connectivity index (χ4v) is 1.76. The summed E-state index contributed by atoms with van der Waals surface area (Å²) in [7, 11) is 0. The Labute approximate surface area is 119 Å². The van der Waals surface area contributed by atoms with E-state index >= 15 is 0 Å². The number of halogens is 1. The average molecular weight is 295 g/mol. The standard InChI is InChI=1S/C14H11ClO5/c1-2-19-13(17)4-3-8-5-9-6-11(16)10(15)7-12(9)20-14(8)18/h3-7,16H,2H2,1H3/b4-3+. The van der Waals surface area contributed by atoms with Gasteiger partial charge in [0.05, 0.1) is 17.2 Å². The summed E-state index contributed by atoms with van der Waals surface area (Å²) in [6.07, 6.45) is 2.44. The van der Waals surface area contributed by atoms with Crippen LogP contribution in [-0.4, -0.2) is 17.7 Å². The maximum Gasteiger partial charge on any atom is 0.343 e. The van der Waals surface area contributed by atoms with Gasteiger partial charge in [-0.25, -0.2) is 9.59 Å². The smallest absolute Gasteiger partial charge is 0.343 e. The lowest BCUT2D eigenvalue weighted by Gasteiger charge is -2.01. The fraction of sp³-hybridized carbons (Fsp3) is 0.143. The molecule has 0 radical (unpaired) electrons. The Hall–Kier alpha value is -2.27. The molecule has 0 spiro atoms. The molecule has 2 rings (SSSR count). The molecular formula is C14H11ClO5. The zero-order chi connectivity index (χ0) is 14.7. The van der Waals surface area contributed by atoms with Crippen LogP contribution in [-0.2, 0) is 9.53 Å². The minimum Gasteiger partial charge on any atom is -0.506 e. The molecule has 5 nitrogen and oxygen atoms in total. The monoisotopic (exact) mass is 294 g/mol. The third kappa shape index (κ3) is 3.00. The van der Waals surface area contributed by atoms with Gasteiger partial charge in [-0.2, -0.15) is 0 Å². The molecule has 1 heterocycles. The molecule has 0 bridgehead atoms. The quantitative estimate of drug-likeness (QED) is 0.535. The number of benzene rings is 1. The van der Waals surface area contributed by atoms with Crippen molar-refractivity contribution in [2.75, 3.05) is 6.61 Å². The highest BCUT2D eigenvalue weighted by atomic mass is 35.5. The SMILES string of the molecule is CCOC(=O)/C=C/c1cc2cc(O)c(Cl)cc2oc1=O. The highest BCUT2D eigenvalue weighted by molar-refractivity contribution is 6.32. The summed E-state index contributed by atoms with van der Waals surface area (Å²) in [5, 5.41) is 10.1. The minimum atomic E-state index is -0.611. The van der Waals surface area contributed by atoms with E-state index in [-0.39, 0.29) is 28.5 Å². The van der Waals surface area contributed by atoms with Crippen LogP contribution in [0.25, 0.3) is 17.0 Å². The van der Waals surface area contributed by atoms with Crippen molar-refractivity contribution in [1.29, 1.82) is 0 Å². The third-order valence-electron chi connectivity index (χ3n) is 2.51. The van der Waals surface area contributed by atoms with Crippen molar-refractivity contribution in [2.45, 2.75) is 6.92 Å². The summed E-state index contributed by atoms with van der Waals surface area (Å²) >= 11 is 5.73. The first-order valence-electron chi connectivity index (χ1n) is 5.82. The van der Waals surface area contributed by atoms with Crippen molar-refractivity contribution in [3.63, 3.8) is 0 Å². The lowest BCUT2D eigenvalue weighted by molar-refractivity contribution is -0.137. The van der Waals surface area contributed by atoms with Gasteiger partial charge in [-0.3, -0.25) is 0 Å². The molecule has 0 atom stereocenters. The van der Waals surface area contributed by atoms with Crippen LogP contribution in [0.4, 0.5) is 0 Å². The Morgan fingerprint density at radius 2 is 2.20 bits per heavy atom. The zero-order valence-corrected chi connectivity index (χ0v) is 11.3. The number of hydrogen-bond acceptors (Lipinski definition) is 5. The van der Waals surface area contributed by atoms with Gasteiger partial charge >= 0.3 is 11.6 Å². The molecule has 20 heavy (non-hydrogen) atoms. The molecule has 0 saturated carbocycles. The molecule has 1 N–H and O–H groups in total. The van der Waals surface area contributed by atoms with Gasteiger partial charge in [0.1, 0.15) is 11.3 Å². The van der Waals surface area contributed by atoms with E-state index in [1.165, 1.54) is 24.3 Å². The van der Waals surface area contributed by atoms with Crippen molar-refractivity contribution < 1.29 is 19.1 Å². The number of carbonyl (C=O) groups is 1. The second-order valence-electron chi connectivity index (χ2n) is 3.92. The van der Waals surface area contributed by atoms with Crippen LogP contribution in [0, 0.1) is 0 Å². The molecule has 0 aliphatic rings. The fourth-order valence-electron chi connectivity index (χ4n) is 1.61. The summed E-state index contributed by atoms with van der Waals surface area (Å²) in [6.45, 7) is 1.94. The summed E-state index contributed by atoms with van der Waals surface area (Å²) in [5.41, 5.74) is -0.182. The molecule has 0 aliphatic heterocycles. The average Bonchev–Trinajstić information content (AvgIpc) is 2.39. The van der Waals surface area contributed by atoms with Crippen molar-refractivity contribution in [2.24, 2.45) is 0 Å².